The maximum absolute atomic E-state index is 11.9. The van der Waals surface area contributed by atoms with Gasteiger partial charge in [0.1, 0.15) is 0 Å². The molecule has 0 aliphatic heterocycles. The van der Waals surface area contributed by atoms with Crippen LogP contribution in [0, 0.1) is 0 Å². The lowest BCUT2D eigenvalue weighted by Crippen LogP contribution is -2.30. The van der Waals surface area contributed by atoms with E-state index in [-0.39, 0.29) is 11.2 Å². The zero-order valence-corrected chi connectivity index (χ0v) is 13.6. The van der Waals surface area contributed by atoms with Crippen molar-refractivity contribution in [3.63, 3.8) is 0 Å². The van der Waals surface area contributed by atoms with Crippen LogP contribution in [-0.4, -0.2) is 32.5 Å². The van der Waals surface area contributed by atoms with Crippen molar-refractivity contribution in [1.29, 1.82) is 0 Å². The Bertz CT molecular complexity index is 639. The molecule has 0 bridgehead atoms. The molecule has 0 spiro atoms. The highest BCUT2D eigenvalue weighted by Crippen LogP contribution is 2.26. The fraction of sp³-hybridized carbons (Fsp3) is 0.312. The van der Waals surface area contributed by atoms with Crippen LogP contribution in [0.2, 0.25) is 0 Å². The molecule has 0 fully saturated rings. The zero-order chi connectivity index (χ0) is 15.9. The van der Waals surface area contributed by atoms with Crippen LogP contribution in [0.3, 0.4) is 0 Å². The molecule has 1 N–H and O–H groups in total. The van der Waals surface area contributed by atoms with E-state index in [0.29, 0.717) is 13.1 Å². The maximum atomic E-state index is 11.9. The predicted octanol–water partition coefficient (Wildman–Crippen LogP) is 2.75. The summed E-state index contributed by atoms with van der Waals surface area (Å²) in [7, 11) is 0. The zero-order valence-electron chi connectivity index (χ0n) is 12.8. The average molecular weight is 316 g/mol. The topological polar surface area (TPSA) is 59.8 Å². The minimum atomic E-state index is -0.226. The third-order valence-corrected chi connectivity index (χ3v) is 4.14. The van der Waals surface area contributed by atoms with E-state index < -0.39 is 0 Å². The first-order valence-electron chi connectivity index (χ1n) is 7.21. The number of aromatic nitrogens is 3. The van der Waals surface area contributed by atoms with E-state index in [1.165, 1.54) is 11.8 Å². The number of carbonyl (C=O) groups excluding carboxylic acids is 1. The molecule has 1 aromatic heterocycles. The Labute approximate surface area is 134 Å². The van der Waals surface area contributed by atoms with Gasteiger partial charge >= 0.3 is 0 Å². The second-order valence-electron chi connectivity index (χ2n) is 4.73. The number of amides is 1. The fourth-order valence-electron chi connectivity index (χ4n) is 2.00. The Hall–Kier alpha value is -2.08. The number of carbonyl (C=O) groups is 1. The van der Waals surface area contributed by atoms with Crippen LogP contribution in [0.25, 0.3) is 11.4 Å². The molecule has 1 atom stereocenters. The van der Waals surface area contributed by atoms with Crippen molar-refractivity contribution in [2.24, 2.45) is 0 Å². The predicted molar refractivity (Wildman–Crippen MR) is 89.7 cm³/mol. The Kier molecular flexibility index (Phi) is 5.77. The number of hydrogen-bond donors (Lipinski definition) is 1. The molecular weight excluding hydrogens is 296 g/mol. The van der Waals surface area contributed by atoms with Crippen molar-refractivity contribution in [3.8, 4) is 11.4 Å². The van der Waals surface area contributed by atoms with Crippen molar-refractivity contribution in [1.82, 2.24) is 20.1 Å². The second-order valence-corrected chi connectivity index (χ2v) is 6.03. The monoisotopic (exact) mass is 316 g/mol. The van der Waals surface area contributed by atoms with E-state index in [0.717, 1.165) is 16.5 Å². The van der Waals surface area contributed by atoms with Crippen LogP contribution in [-0.2, 0) is 11.3 Å². The summed E-state index contributed by atoms with van der Waals surface area (Å²) in [5, 5.41) is 11.8. The van der Waals surface area contributed by atoms with Crippen LogP contribution in [0.4, 0.5) is 0 Å². The smallest absolute Gasteiger partial charge is 0.233 e. The molecule has 2 aromatic rings. The molecule has 1 amide bonds. The number of thioether (sulfide) groups is 1. The highest BCUT2D eigenvalue weighted by molar-refractivity contribution is 8.00. The first-order valence-corrected chi connectivity index (χ1v) is 8.09. The van der Waals surface area contributed by atoms with Gasteiger partial charge in [0.2, 0.25) is 5.91 Å². The molecule has 1 aromatic carbocycles. The van der Waals surface area contributed by atoms with Gasteiger partial charge in [-0.15, -0.1) is 16.8 Å². The normalized spacial score (nSPS) is 11.9. The highest BCUT2D eigenvalue weighted by Gasteiger charge is 2.19. The van der Waals surface area contributed by atoms with Gasteiger partial charge in [0, 0.05) is 18.7 Å². The Balaban J connectivity index is 2.27. The standard InChI is InChI=1S/C16H20N4OS/c1-4-11-20-14(13-9-7-6-8-10-13)18-19-16(20)22-12(3)15(21)17-5-2/h4,6-10,12H,1,5,11H2,2-3H3,(H,17,21)/t12-/m0/s1. The summed E-state index contributed by atoms with van der Waals surface area (Å²) < 4.78 is 1.97. The lowest BCUT2D eigenvalue weighted by Gasteiger charge is -2.12. The summed E-state index contributed by atoms with van der Waals surface area (Å²) >= 11 is 1.40. The van der Waals surface area contributed by atoms with Gasteiger partial charge in [-0.25, -0.2) is 0 Å². The number of nitrogens with zero attached hydrogens (tertiary/aromatic N) is 3. The van der Waals surface area contributed by atoms with E-state index in [9.17, 15) is 4.79 Å². The first kappa shape index (κ1) is 16.3. The molecule has 1 heterocycles. The Morgan fingerprint density at radius 1 is 1.41 bits per heavy atom. The van der Waals surface area contributed by atoms with Crippen LogP contribution in [0.5, 0.6) is 0 Å². The number of hydrogen-bond acceptors (Lipinski definition) is 4. The largest absolute Gasteiger partial charge is 0.355 e. The summed E-state index contributed by atoms with van der Waals surface area (Å²) in [6.07, 6.45) is 1.80. The van der Waals surface area contributed by atoms with E-state index >= 15 is 0 Å². The molecule has 5 nitrogen and oxygen atoms in total. The van der Waals surface area contributed by atoms with Gasteiger partial charge in [-0.2, -0.15) is 0 Å². The van der Waals surface area contributed by atoms with Crippen LogP contribution >= 0.6 is 11.8 Å². The van der Waals surface area contributed by atoms with Crippen molar-refractivity contribution in [3.05, 3.63) is 43.0 Å². The minimum absolute atomic E-state index is 0.00177. The summed E-state index contributed by atoms with van der Waals surface area (Å²) in [5.74, 6) is 0.785. The maximum Gasteiger partial charge on any atom is 0.233 e. The first-order chi connectivity index (χ1) is 10.7. The summed E-state index contributed by atoms with van der Waals surface area (Å²) in [6.45, 7) is 8.78. The molecule has 0 aliphatic carbocycles. The molecule has 22 heavy (non-hydrogen) atoms. The molecule has 0 saturated carbocycles. The van der Waals surface area contributed by atoms with E-state index in [1.807, 2.05) is 48.7 Å². The quantitative estimate of drug-likeness (QED) is 0.630. The molecule has 0 radical (unpaired) electrons. The molecule has 6 heteroatoms. The van der Waals surface area contributed by atoms with Gasteiger partial charge in [0.15, 0.2) is 11.0 Å². The lowest BCUT2D eigenvalue weighted by molar-refractivity contribution is -0.120. The van der Waals surface area contributed by atoms with Gasteiger partial charge in [-0.05, 0) is 13.8 Å². The van der Waals surface area contributed by atoms with Gasteiger partial charge in [0.05, 0.1) is 5.25 Å². The van der Waals surface area contributed by atoms with Gasteiger partial charge in [-0.1, -0.05) is 48.2 Å². The number of nitrogens with one attached hydrogen (secondary N) is 1. The van der Waals surface area contributed by atoms with Crippen molar-refractivity contribution in [2.75, 3.05) is 6.54 Å². The average Bonchev–Trinajstić information content (AvgIpc) is 2.91. The SMILES string of the molecule is C=CCn1c(S[C@@H](C)C(=O)NCC)nnc1-c1ccccc1. The Morgan fingerprint density at radius 3 is 2.77 bits per heavy atom. The van der Waals surface area contributed by atoms with Crippen molar-refractivity contribution >= 4 is 17.7 Å². The third-order valence-electron chi connectivity index (χ3n) is 3.06. The third kappa shape index (κ3) is 3.76. The summed E-state index contributed by atoms with van der Waals surface area (Å²) in [4.78, 5) is 11.9. The number of benzene rings is 1. The Morgan fingerprint density at radius 2 is 2.14 bits per heavy atom. The molecule has 2 rings (SSSR count). The van der Waals surface area contributed by atoms with Gasteiger partial charge < -0.3 is 5.32 Å². The molecule has 116 valence electrons. The molecule has 0 aliphatic rings. The van der Waals surface area contributed by atoms with Crippen LogP contribution in [0.1, 0.15) is 13.8 Å². The van der Waals surface area contributed by atoms with Crippen molar-refractivity contribution < 1.29 is 4.79 Å². The van der Waals surface area contributed by atoms with Crippen molar-refractivity contribution in [2.45, 2.75) is 30.8 Å². The van der Waals surface area contributed by atoms with E-state index in [2.05, 4.69) is 22.1 Å². The highest BCUT2D eigenvalue weighted by atomic mass is 32.2. The number of allylic oxidation sites excluding steroid dienone is 1. The lowest BCUT2D eigenvalue weighted by atomic mass is 10.2. The molecular formula is C16H20N4OS. The summed E-state index contributed by atoms with van der Waals surface area (Å²) in [5.41, 5.74) is 0.995. The van der Waals surface area contributed by atoms with E-state index in [1.54, 1.807) is 6.08 Å². The minimum Gasteiger partial charge on any atom is -0.355 e. The molecule has 0 unspecified atom stereocenters. The molecule has 0 saturated heterocycles. The summed E-state index contributed by atoms with van der Waals surface area (Å²) in [6, 6.07) is 9.87. The van der Waals surface area contributed by atoms with Crippen LogP contribution < -0.4 is 5.32 Å². The van der Waals surface area contributed by atoms with E-state index in [4.69, 9.17) is 0 Å². The second kappa shape index (κ2) is 7.79. The van der Waals surface area contributed by atoms with Gasteiger partial charge in [0.25, 0.3) is 0 Å². The number of rotatable bonds is 7. The fourth-order valence-corrected chi connectivity index (χ4v) is 2.88. The van der Waals surface area contributed by atoms with Gasteiger partial charge in [-0.3, -0.25) is 9.36 Å². The van der Waals surface area contributed by atoms with Crippen LogP contribution in [0.15, 0.2) is 48.1 Å².